The third kappa shape index (κ3) is 4.66. The van der Waals surface area contributed by atoms with Crippen molar-refractivity contribution >= 4 is 34.1 Å². The van der Waals surface area contributed by atoms with E-state index < -0.39 is 5.60 Å². The van der Waals surface area contributed by atoms with Gasteiger partial charge in [-0.3, -0.25) is 9.48 Å². The molecule has 0 amide bonds. The van der Waals surface area contributed by atoms with Crippen LogP contribution < -0.4 is 5.56 Å². The normalized spacial score (nSPS) is 16.1. The number of likely N-dealkylation sites (tertiary alicyclic amines) is 1. The van der Waals surface area contributed by atoms with Crippen molar-refractivity contribution < 1.29 is 5.11 Å². The zero-order valence-corrected chi connectivity index (χ0v) is 21.3. The molecule has 35 heavy (non-hydrogen) atoms. The topological polar surface area (TPSA) is 50.4 Å². The average molecular weight is 510 g/mol. The first-order valence-corrected chi connectivity index (χ1v) is 12.8. The molecule has 0 saturated carbocycles. The molecule has 1 aliphatic rings. The Morgan fingerprint density at radius 1 is 0.943 bits per heavy atom. The van der Waals surface area contributed by atoms with Crippen molar-refractivity contribution in [1.29, 1.82) is 0 Å². The van der Waals surface area contributed by atoms with E-state index in [1.54, 1.807) is 23.9 Å². The molecule has 4 aromatic rings. The minimum absolute atomic E-state index is 0.0208. The lowest BCUT2D eigenvalue weighted by atomic mass is 9.84. The second kappa shape index (κ2) is 9.82. The van der Waals surface area contributed by atoms with E-state index in [-0.39, 0.29) is 5.56 Å². The summed E-state index contributed by atoms with van der Waals surface area (Å²) < 4.78 is 3.52. The van der Waals surface area contributed by atoms with Crippen molar-refractivity contribution in [3.05, 3.63) is 98.3 Å². The summed E-state index contributed by atoms with van der Waals surface area (Å²) in [6.45, 7) is 2.67. The highest BCUT2D eigenvalue weighted by Gasteiger charge is 2.33. The van der Waals surface area contributed by atoms with Crippen molar-refractivity contribution in [3.63, 3.8) is 0 Å². The van der Waals surface area contributed by atoms with E-state index in [0.29, 0.717) is 10.0 Å². The maximum absolute atomic E-state index is 13.2. The fraction of sp³-hybridized carbons (Fsp3) is 0.321. The minimum atomic E-state index is -0.733. The van der Waals surface area contributed by atoms with E-state index in [1.165, 1.54) is 0 Å². The Labute approximate surface area is 215 Å². The van der Waals surface area contributed by atoms with E-state index in [0.717, 1.165) is 73.0 Å². The average Bonchev–Trinajstić information content (AvgIpc) is 3.13. The molecule has 0 bridgehead atoms. The number of fused-ring (bicyclic) bond motifs is 1. The molecule has 0 aliphatic carbocycles. The van der Waals surface area contributed by atoms with Gasteiger partial charge in [-0.05, 0) is 67.6 Å². The number of aromatic nitrogens is 2. The van der Waals surface area contributed by atoms with Crippen LogP contribution in [-0.2, 0) is 19.1 Å². The molecule has 0 unspecified atom stereocenters. The summed E-state index contributed by atoms with van der Waals surface area (Å²) in [5.41, 5.74) is 2.97. The van der Waals surface area contributed by atoms with Crippen LogP contribution >= 0.6 is 23.2 Å². The largest absolute Gasteiger partial charge is 0.385 e. The number of nitrogens with zero attached hydrogens (tertiary/aromatic N) is 3. The lowest BCUT2D eigenvalue weighted by molar-refractivity contribution is -0.0259. The SMILES string of the molecule is Cn1c(=O)c2c(CCCN3CCC(O)(c4ccccc4)CC3)cccc2n1-c1ccc(Cl)c(Cl)c1. The van der Waals surface area contributed by atoms with Gasteiger partial charge in [-0.2, -0.15) is 0 Å². The van der Waals surface area contributed by atoms with Crippen LogP contribution in [0.2, 0.25) is 10.0 Å². The number of benzene rings is 3. The second-order valence-corrected chi connectivity index (χ2v) is 10.2. The fourth-order valence-electron chi connectivity index (χ4n) is 5.24. The first kappa shape index (κ1) is 24.1. The zero-order chi connectivity index (χ0) is 24.6. The summed E-state index contributed by atoms with van der Waals surface area (Å²) >= 11 is 12.3. The highest BCUT2D eigenvalue weighted by Crippen LogP contribution is 2.33. The van der Waals surface area contributed by atoms with Crippen LogP contribution in [0.3, 0.4) is 0 Å². The maximum Gasteiger partial charge on any atom is 0.274 e. The van der Waals surface area contributed by atoms with Gasteiger partial charge in [-0.15, -0.1) is 0 Å². The van der Waals surface area contributed by atoms with Crippen LogP contribution in [0.15, 0.2) is 71.5 Å². The lowest BCUT2D eigenvalue weighted by Gasteiger charge is -2.38. The Balaban J connectivity index is 1.29. The van der Waals surface area contributed by atoms with E-state index in [2.05, 4.69) is 4.90 Å². The first-order chi connectivity index (χ1) is 16.9. The molecule has 2 heterocycles. The highest BCUT2D eigenvalue weighted by molar-refractivity contribution is 6.42. The number of hydrogen-bond acceptors (Lipinski definition) is 3. The predicted octanol–water partition coefficient (Wildman–Crippen LogP) is 5.55. The third-order valence-electron chi connectivity index (χ3n) is 7.23. The van der Waals surface area contributed by atoms with Gasteiger partial charge in [-0.1, -0.05) is 65.7 Å². The molecule has 1 saturated heterocycles. The van der Waals surface area contributed by atoms with E-state index >= 15 is 0 Å². The summed E-state index contributed by atoms with van der Waals surface area (Å²) in [6, 6.07) is 21.4. The number of rotatable bonds is 6. The molecule has 1 fully saturated rings. The molecule has 182 valence electrons. The highest BCUT2D eigenvalue weighted by atomic mass is 35.5. The van der Waals surface area contributed by atoms with Gasteiger partial charge < -0.3 is 10.0 Å². The maximum atomic E-state index is 13.2. The molecular weight excluding hydrogens is 481 g/mol. The van der Waals surface area contributed by atoms with Crippen LogP contribution in [0, 0.1) is 0 Å². The molecule has 0 atom stereocenters. The molecule has 5 nitrogen and oxygen atoms in total. The van der Waals surface area contributed by atoms with Gasteiger partial charge >= 0.3 is 0 Å². The van der Waals surface area contributed by atoms with E-state index in [1.807, 2.05) is 59.3 Å². The van der Waals surface area contributed by atoms with Crippen LogP contribution in [0.1, 0.15) is 30.4 Å². The standard InChI is InChI=1S/C28H29Cl2N3O2/c1-31-27(34)26-20(7-5-11-25(26)33(31)22-12-13-23(29)24(30)19-22)8-6-16-32-17-14-28(35,15-18-32)21-9-3-2-4-10-21/h2-5,7,9-13,19,35H,6,8,14-18H2,1H3. The predicted molar refractivity (Wildman–Crippen MR) is 143 cm³/mol. The molecule has 1 aromatic heterocycles. The Hall–Kier alpha value is -2.57. The first-order valence-electron chi connectivity index (χ1n) is 12.0. The summed E-state index contributed by atoms with van der Waals surface area (Å²) in [7, 11) is 1.77. The fourth-order valence-corrected chi connectivity index (χ4v) is 5.53. The van der Waals surface area contributed by atoms with Gasteiger partial charge in [0.25, 0.3) is 5.56 Å². The Morgan fingerprint density at radius 2 is 1.69 bits per heavy atom. The Morgan fingerprint density at radius 3 is 2.40 bits per heavy atom. The number of piperidine rings is 1. The summed E-state index contributed by atoms with van der Waals surface area (Å²) in [5.74, 6) is 0. The van der Waals surface area contributed by atoms with Gasteiger partial charge in [0.15, 0.2) is 0 Å². The number of hydrogen-bond donors (Lipinski definition) is 1. The zero-order valence-electron chi connectivity index (χ0n) is 19.8. The van der Waals surface area contributed by atoms with Gasteiger partial charge in [0.2, 0.25) is 0 Å². The number of aliphatic hydroxyl groups is 1. The molecule has 1 N–H and O–H groups in total. The monoisotopic (exact) mass is 509 g/mol. The minimum Gasteiger partial charge on any atom is -0.385 e. The van der Waals surface area contributed by atoms with Crippen molar-refractivity contribution in [3.8, 4) is 5.69 Å². The smallest absolute Gasteiger partial charge is 0.274 e. The molecule has 0 radical (unpaired) electrons. The van der Waals surface area contributed by atoms with Crippen LogP contribution in [-0.4, -0.2) is 39.0 Å². The lowest BCUT2D eigenvalue weighted by Crippen LogP contribution is -2.42. The van der Waals surface area contributed by atoms with E-state index in [4.69, 9.17) is 23.2 Å². The summed E-state index contributed by atoms with van der Waals surface area (Å²) in [6.07, 6.45) is 3.24. The summed E-state index contributed by atoms with van der Waals surface area (Å²) in [5, 5.41) is 12.8. The number of aryl methyl sites for hydroxylation is 1. The third-order valence-corrected chi connectivity index (χ3v) is 7.97. The van der Waals surface area contributed by atoms with Gasteiger partial charge in [0.05, 0.1) is 32.2 Å². The summed E-state index contributed by atoms with van der Waals surface area (Å²) in [4.78, 5) is 15.6. The molecular formula is C28H29Cl2N3O2. The van der Waals surface area contributed by atoms with Crippen LogP contribution in [0.5, 0.6) is 0 Å². The van der Waals surface area contributed by atoms with Crippen LogP contribution in [0.25, 0.3) is 16.6 Å². The molecule has 3 aromatic carbocycles. The number of halogens is 2. The molecule has 1 aliphatic heterocycles. The van der Waals surface area contributed by atoms with Crippen molar-refractivity contribution in [2.75, 3.05) is 19.6 Å². The molecule has 7 heteroatoms. The van der Waals surface area contributed by atoms with Gasteiger partial charge in [0, 0.05) is 20.1 Å². The Kier molecular flexibility index (Phi) is 6.78. The van der Waals surface area contributed by atoms with Crippen molar-refractivity contribution in [1.82, 2.24) is 14.3 Å². The van der Waals surface area contributed by atoms with Crippen molar-refractivity contribution in [2.45, 2.75) is 31.3 Å². The second-order valence-electron chi connectivity index (χ2n) is 9.39. The molecule has 0 spiro atoms. The Bertz CT molecular complexity index is 1400. The van der Waals surface area contributed by atoms with Gasteiger partial charge in [0.1, 0.15) is 0 Å². The molecule has 5 rings (SSSR count). The van der Waals surface area contributed by atoms with Crippen LogP contribution in [0.4, 0.5) is 0 Å². The van der Waals surface area contributed by atoms with Gasteiger partial charge in [-0.25, -0.2) is 4.68 Å². The quantitative estimate of drug-likeness (QED) is 0.370. The van der Waals surface area contributed by atoms with E-state index in [9.17, 15) is 9.90 Å². The van der Waals surface area contributed by atoms with Crippen molar-refractivity contribution in [2.24, 2.45) is 7.05 Å².